The van der Waals surface area contributed by atoms with Gasteiger partial charge in [-0.25, -0.2) is 4.79 Å². The fourth-order valence-electron chi connectivity index (χ4n) is 0.325. The number of carboxylic acid groups (broad SMARTS) is 1. The van der Waals surface area contributed by atoms with Crippen LogP contribution in [-0.4, -0.2) is 29.7 Å². The Bertz CT molecular complexity index is 135. The molecule has 0 aliphatic heterocycles. The molecule has 1 N–H and O–H groups in total. The van der Waals surface area contributed by atoms with E-state index >= 15 is 0 Å². The van der Waals surface area contributed by atoms with Crippen LogP contribution in [-0.2, 0) is 0 Å². The first-order valence-electron chi connectivity index (χ1n) is 2.31. The second-order valence-electron chi connectivity index (χ2n) is 1.66. The van der Waals surface area contributed by atoms with Crippen molar-refractivity contribution in [2.24, 2.45) is 0 Å². The lowest BCUT2D eigenvalue weighted by atomic mass is 10.6. The van der Waals surface area contributed by atoms with Crippen molar-refractivity contribution in [3.05, 3.63) is 11.1 Å². The van der Waals surface area contributed by atoms with Crippen LogP contribution in [0.2, 0.25) is 0 Å². The first-order valence-corrected chi connectivity index (χ1v) is 3.10. The number of nitrogens with zero attached hydrogens (tertiary/aromatic N) is 1. The third-order valence-electron chi connectivity index (χ3n) is 0.735. The molecule has 0 spiro atoms. The summed E-state index contributed by atoms with van der Waals surface area (Å²) in [4.78, 5) is 11.2. The molecule has 52 valence electrons. The topological polar surface area (TPSA) is 40.5 Å². The highest BCUT2D eigenvalue weighted by molar-refractivity contribution is 9.11. The van der Waals surface area contributed by atoms with Gasteiger partial charge in [-0.3, -0.25) is 0 Å². The van der Waals surface area contributed by atoms with Crippen molar-refractivity contribution >= 4 is 22.0 Å². The van der Waals surface area contributed by atoms with Gasteiger partial charge in [-0.05, 0) is 0 Å². The lowest BCUT2D eigenvalue weighted by Crippen LogP contribution is -2.25. The monoisotopic (exact) mass is 193 g/mol. The minimum Gasteiger partial charge on any atom is -0.465 e. The highest BCUT2D eigenvalue weighted by atomic mass is 79.9. The molecule has 0 aromatic heterocycles. The van der Waals surface area contributed by atoms with Crippen molar-refractivity contribution in [1.29, 1.82) is 0 Å². The Kier molecular flexibility index (Phi) is 3.30. The zero-order valence-electron chi connectivity index (χ0n) is 5.09. The number of hydrogen-bond donors (Lipinski definition) is 1. The van der Waals surface area contributed by atoms with Gasteiger partial charge in [-0.2, -0.15) is 0 Å². The summed E-state index contributed by atoms with van der Waals surface area (Å²) in [6, 6.07) is 0. The summed E-state index contributed by atoms with van der Waals surface area (Å²) in [5.41, 5.74) is 0. The van der Waals surface area contributed by atoms with Gasteiger partial charge in [0, 0.05) is 11.5 Å². The van der Waals surface area contributed by atoms with Crippen LogP contribution < -0.4 is 0 Å². The molecule has 0 saturated heterocycles. The van der Waals surface area contributed by atoms with E-state index in [1.807, 2.05) is 0 Å². The van der Waals surface area contributed by atoms with Crippen LogP contribution in [0.3, 0.4) is 0 Å². The molecule has 0 aromatic rings. The normalized spacial score (nSPS) is 8.67. The van der Waals surface area contributed by atoms with Gasteiger partial charge >= 0.3 is 6.09 Å². The van der Waals surface area contributed by atoms with Gasteiger partial charge in [0.05, 0.1) is 6.54 Å². The van der Waals surface area contributed by atoms with Gasteiger partial charge < -0.3 is 10.0 Å². The SMILES string of the molecule is C=C(Br)CN(C)C(=O)O. The van der Waals surface area contributed by atoms with Crippen molar-refractivity contribution in [3.8, 4) is 0 Å². The molecular weight excluding hydrogens is 186 g/mol. The van der Waals surface area contributed by atoms with Crippen molar-refractivity contribution < 1.29 is 9.90 Å². The predicted octanol–water partition coefficient (Wildman–Crippen LogP) is 1.50. The fraction of sp³-hybridized carbons (Fsp3) is 0.400. The van der Waals surface area contributed by atoms with Crippen molar-refractivity contribution in [1.82, 2.24) is 4.90 Å². The minimum atomic E-state index is -0.949. The molecule has 9 heavy (non-hydrogen) atoms. The molecular formula is C5H8BrNO2. The Balaban J connectivity index is 3.63. The number of carbonyl (C=O) groups is 1. The molecule has 0 atom stereocenters. The largest absolute Gasteiger partial charge is 0.465 e. The Morgan fingerprint density at radius 2 is 2.33 bits per heavy atom. The van der Waals surface area contributed by atoms with E-state index in [1.165, 1.54) is 7.05 Å². The van der Waals surface area contributed by atoms with Crippen LogP contribution in [0.1, 0.15) is 0 Å². The van der Waals surface area contributed by atoms with E-state index in [0.717, 1.165) is 4.90 Å². The number of rotatable bonds is 2. The van der Waals surface area contributed by atoms with E-state index in [0.29, 0.717) is 11.0 Å². The standard InChI is InChI=1S/C5H8BrNO2/c1-4(6)3-7(2)5(8)9/h1,3H2,2H3,(H,8,9). The highest BCUT2D eigenvalue weighted by Crippen LogP contribution is 2.01. The average Bonchev–Trinajstić information content (AvgIpc) is 1.63. The zero-order valence-corrected chi connectivity index (χ0v) is 6.68. The third kappa shape index (κ3) is 4.02. The minimum absolute atomic E-state index is 0.329. The molecule has 0 unspecified atom stereocenters. The van der Waals surface area contributed by atoms with Gasteiger partial charge in [0.2, 0.25) is 0 Å². The van der Waals surface area contributed by atoms with E-state index in [1.54, 1.807) is 0 Å². The Morgan fingerprint density at radius 3 is 2.44 bits per heavy atom. The maximum absolute atomic E-state index is 10.1. The molecule has 0 aromatic carbocycles. The van der Waals surface area contributed by atoms with Crippen LogP contribution in [0.25, 0.3) is 0 Å². The summed E-state index contributed by atoms with van der Waals surface area (Å²) >= 11 is 3.04. The summed E-state index contributed by atoms with van der Waals surface area (Å²) in [6.45, 7) is 3.82. The zero-order chi connectivity index (χ0) is 7.44. The van der Waals surface area contributed by atoms with Crippen LogP contribution in [0.15, 0.2) is 11.1 Å². The molecule has 1 amide bonds. The maximum Gasteiger partial charge on any atom is 0.407 e. The van der Waals surface area contributed by atoms with Crippen LogP contribution in [0.4, 0.5) is 4.79 Å². The molecule has 0 aliphatic rings. The van der Waals surface area contributed by atoms with Gasteiger partial charge in [0.25, 0.3) is 0 Å². The molecule has 4 heteroatoms. The first-order chi connectivity index (χ1) is 4.04. The number of likely N-dealkylation sites (N-methyl/N-ethyl adjacent to an activating group) is 1. The average molecular weight is 194 g/mol. The quantitative estimate of drug-likeness (QED) is 0.723. The molecule has 0 fully saturated rings. The van der Waals surface area contributed by atoms with Crippen LogP contribution in [0, 0.1) is 0 Å². The van der Waals surface area contributed by atoms with E-state index in [-0.39, 0.29) is 0 Å². The smallest absolute Gasteiger partial charge is 0.407 e. The van der Waals surface area contributed by atoms with Crippen molar-refractivity contribution in [2.75, 3.05) is 13.6 Å². The summed E-state index contributed by atoms with van der Waals surface area (Å²) in [5.74, 6) is 0. The summed E-state index contributed by atoms with van der Waals surface area (Å²) in [5, 5.41) is 8.29. The van der Waals surface area contributed by atoms with Crippen LogP contribution >= 0.6 is 15.9 Å². The van der Waals surface area contributed by atoms with Crippen LogP contribution in [0.5, 0.6) is 0 Å². The Morgan fingerprint density at radius 1 is 1.89 bits per heavy atom. The highest BCUT2D eigenvalue weighted by Gasteiger charge is 2.03. The van der Waals surface area contributed by atoms with Gasteiger partial charge in [0.15, 0.2) is 0 Å². The lowest BCUT2D eigenvalue weighted by Gasteiger charge is -2.10. The number of halogens is 1. The van der Waals surface area contributed by atoms with Crippen molar-refractivity contribution in [3.63, 3.8) is 0 Å². The molecule has 0 rings (SSSR count). The summed E-state index contributed by atoms with van der Waals surface area (Å²) in [7, 11) is 1.48. The molecule has 3 nitrogen and oxygen atoms in total. The summed E-state index contributed by atoms with van der Waals surface area (Å²) < 4.78 is 0.660. The second kappa shape index (κ2) is 3.50. The van der Waals surface area contributed by atoms with Gasteiger partial charge in [-0.15, -0.1) is 0 Å². The third-order valence-corrected chi connectivity index (χ3v) is 0.986. The Labute approximate surface area is 62.1 Å². The molecule has 0 radical (unpaired) electrons. The second-order valence-corrected chi connectivity index (χ2v) is 2.78. The van der Waals surface area contributed by atoms with E-state index < -0.39 is 6.09 Å². The predicted molar refractivity (Wildman–Crippen MR) is 38.7 cm³/mol. The molecule has 0 bridgehead atoms. The molecule has 0 saturated carbocycles. The first kappa shape index (κ1) is 8.49. The lowest BCUT2D eigenvalue weighted by molar-refractivity contribution is 0.160. The van der Waals surface area contributed by atoms with Crippen molar-refractivity contribution in [2.45, 2.75) is 0 Å². The molecule has 0 aliphatic carbocycles. The fourth-order valence-corrected chi connectivity index (χ4v) is 0.701. The number of hydrogen-bond acceptors (Lipinski definition) is 1. The van der Waals surface area contributed by atoms with E-state index in [4.69, 9.17) is 5.11 Å². The van der Waals surface area contributed by atoms with E-state index in [9.17, 15) is 4.79 Å². The van der Waals surface area contributed by atoms with Gasteiger partial charge in [0.1, 0.15) is 0 Å². The molecule has 0 heterocycles. The maximum atomic E-state index is 10.1. The van der Waals surface area contributed by atoms with E-state index in [2.05, 4.69) is 22.5 Å². The van der Waals surface area contributed by atoms with Gasteiger partial charge in [-0.1, -0.05) is 22.5 Å². The number of amides is 1. The Hall–Kier alpha value is -0.510. The summed E-state index contributed by atoms with van der Waals surface area (Å²) in [6.07, 6.45) is -0.949.